The molecule has 0 aromatic heterocycles. The van der Waals surface area contributed by atoms with Gasteiger partial charge in [-0.1, -0.05) is 33.6 Å². The normalized spacial score (nSPS) is 25.1. The summed E-state index contributed by atoms with van der Waals surface area (Å²) in [5, 5.41) is 2.76. The lowest BCUT2D eigenvalue weighted by molar-refractivity contribution is -0.133. The number of carbonyl (C=O) groups is 2. The van der Waals surface area contributed by atoms with Gasteiger partial charge in [-0.25, -0.2) is 0 Å². The molecule has 3 unspecified atom stereocenters. The number of nitrogens with one attached hydrogen (secondary N) is 1. The van der Waals surface area contributed by atoms with Crippen molar-refractivity contribution in [2.45, 2.75) is 65.5 Å². The highest BCUT2D eigenvalue weighted by molar-refractivity contribution is 5.88. The van der Waals surface area contributed by atoms with Gasteiger partial charge >= 0.3 is 0 Å². The fourth-order valence-electron chi connectivity index (χ4n) is 2.67. The topological polar surface area (TPSA) is 55.4 Å². The number of Topliss-reactive ketones (excluding diaryl/α,β-unsaturated/α-hetero) is 1. The third-order valence-electron chi connectivity index (χ3n) is 3.88. The van der Waals surface area contributed by atoms with E-state index in [-0.39, 0.29) is 30.3 Å². The molecule has 1 amide bonds. The number of rotatable bonds is 6. The Morgan fingerprint density at radius 3 is 2.42 bits per heavy atom. The lowest BCUT2D eigenvalue weighted by Crippen LogP contribution is -2.45. The van der Waals surface area contributed by atoms with Gasteiger partial charge in [0.05, 0.1) is 12.1 Å². The summed E-state index contributed by atoms with van der Waals surface area (Å²) in [7, 11) is 0. The van der Waals surface area contributed by atoms with Crippen molar-refractivity contribution in [2.24, 2.45) is 11.8 Å². The molecule has 1 aliphatic carbocycles. The molecule has 0 aromatic rings. The van der Waals surface area contributed by atoms with Gasteiger partial charge in [-0.3, -0.25) is 9.59 Å². The van der Waals surface area contributed by atoms with Crippen LogP contribution in [-0.2, 0) is 14.3 Å². The van der Waals surface area contributed by atoms with Gasteiger partial charge in [-0.15, -0.1) is 0 Å². The fraction of sp³-hybridized carbons (Fsp3) is 0.867. The van der Waals surface area contributed by atoms with Crippen LogP contribution in [0.25, 0.3) is 0 Å². The highest BCUT2D eigenvalue weighted by atomic mass is 16.5. The summed E-state index contributed by atoms with van der Waals surface area (Å²) >= 11 is 0. The number of hydrogen-bond donors (Lipinski definition) is 1. The van der Waals surface area contributed by atoms with E-state index < -0.39 is 6.04 Å². The van der Waals surface area contributed by atoms with E-state index in [2.05, 4.69) is 12.2 Å². The molecule has 4 nitrogen and oxygen atoms in total. The Morgan fingerprint density at radius 2 is 1.89 bits per heavy atom. The Labute approximate surface area is 116 Å². The van der Waals surface area contributed by atoms with E-state index in [9.17, 15) is 9.59 Å². The van der Waals surface area contributed by atoms with E-state index in [1.54, 1.807) is 0 Å². The van der Waals surface area contributed by atoms with E-state index >= 15 is 0 Å². The van der Waals surface area contributed by atoms with Gasteiger partial charge in [0.2, 0.25) is 5.91 Å². The van der Waals surface area contributed by atoms with Crippen molar-refractivity contribution in [1.29, 1.82) is 0 Å². The van der Waals surface area contributed by atoms with Gasteiger partial charge in [-0.2, -0.15) is 0 Å². The first-order valence-electron chi connectivity index (χ1n) is 7.33. The van der Waals surface area contributed by atoms with Gasteiger partial charge in [0, 0.05) is 0 Å². The van der Waals surface area contributed by atoms with Crippen molar-refractivity contribution >= 4 is 11.7 Å². The fourth-order valence-corrected chi connectivity index (χ4v) is 2.67. The zero-order valence-corrected chi connectivity index (χ0v) is 12.6. The zero-order chi connectivity index (χ0) is 14.4. The van der Waals surface area contributed by atoms with Gasteiger partial charge in [0.15, 0.2) is 5.78 Å². The molecule has 1 N–H and O–H groups in total. The highest BCUT2D eigenvalue weighted by Crippen LogP contribution is 2.26. The number of carbonyl (C=O) groups excluding carboxylic acids is 2. The van der Waals surface area contributed by atoms with Crippen LogP contribution in [0, 0.1) is 11.8 Å². The van der Waals surface area contributed by atoms with Crippen LogP contribution >= 0.6 is 0 Å². The van der Waals surface area contributed by atoms with Gasteiger partial charge in [-0.05, 0) is 31.6 Å². The SMILES string of the molecule is CC(=O)C(NC(=O)COC1CCCCC1C)C(C)C. The lowest BCUT2D eigenvalue weighted by atomic mass is 9.88. The predicted octanol–water partition coefficient (Wildman–Crippen LogP) is 2.31. The molecule has 0 heterocycles. The third-order valence-corrected chi connectivity index (χ3v) is 3.88. The first kappa shape index (κ1) is 16.2. The molecule has 0 aliphatic heterocycles. The van der Waals surface area contributed by atoms with Crippen molar-refractivity contribution in [3.63, 3.8) is 0 Å². The molecule has 3 atom stereocenters. The molecule has 1 saturated carbocycles. The first-order chi connectivity index (χ1) is 8.91. The molecule has 1 aliphatic rings. The van der Waals surface area contributed by atoms with Crippen LogP contribution in [0.1, 0.15) is 53.4 Å². The lowest BCUT2D eigenvalue weighted by Gasteiger charge is -2.29. The van der Waals surface area contributed by atoms with Crippen LogP contribution in [0.2, 0.25) is 0 Å². The molecule has 0 radical (unpaired) electrons. The maximum Gasteiger partial charge on any atom is 0.246 e. The summed E-state index contributed by atoms with van der Waals surface area (Å²) in [4.78, 5) is 23.2. The second-order valence-electron chi connectivity index (χ2n) is 6.01. The van der Waals surface area contributed by atoms with Gasteiger partial charge < -0.3 is 10.1 Å². The number of hydrogen-bond acceptors (Lipinski definition) is 3. The van der Waals surface area contributed by atoms with Crippen LogP contribution in [0.3, 0.4) is 0 Å². The molecule has 1 fully saturated rings. The highest BCUT2D eigenvalue weighted by Gasteiger charge is 2.24. The second kappa shape index (κ2) is 7.63. The molecule has 110 valence electrons. The summed E-state index contributed by atoms with van der Waals surface area (Å²) in [5.41, 5.74) is 0. The number of ether oxygens (including phenoxy) is 1. The molecular weight excluding hydrogens is 242 g/mol. The summed E-state index contributed by atoms with van der Waals surface area (Å²) in [6.07, 6.45) is 4.84. The minimum absolute atomic E-state index is 0.00520. The van der Waals surface area contributed by atoms with E-state index in [4.69, 9.17) is 4.74 Å². The van der Waals surface area contributed by atoms with Crippen molar-refractivity contribution in [1.82, 2.24) is 5.32 Å². The smallest absolute Gasteiger partial charge is 0.246 e. The maximum absolute atomic E-state index is 11.8. The van der Waals surface area contributed by atoms with Crippen LogP contribution in [0.15, 0.2) is 0 Å². The molecule has 19 heavy (non-hydrogen) atoms. The molecular formula is C15H27NO3. The largest absolute Gasteiger partial charge is 0.368 e. The van der Waals surface area contributed by atoms with Crippen LogP contribution < -0.4 is 5.32 Å². The van der Waals surface area contributed by atoms with Crippen molar-refractivity contribution in [3.8, 4) is 0 Å². The molecule has 0 bridgehead atoms. The van der Waals surface area contributed by atoms with Gasteiger partial charge in [0.25, 0.3) is 0 Å². The average Bonchev–Trinajstić information content (AvgIpc) is 2.34. The Hall–Kier alpha value is -0.900. The standard InChI is InChI=1S/C15H27NO3/c1-10(2)15(12(4)17)16-14(18)9-19-13-8-6-5-7-11(13)3/h10-11,13,15H,5-9H2,1-4H3,(H,16,18). The summed E-state index contributed by atoms with van der Waals surface area (Å²) < 4.78 is 5.69. The van der Waals surface area contributed by atoms with Crippen molar-refractivity contribution < 1.29 is 14.3 Å². The maximum atomic E-state index is 11.8. The Morgan fingerprint density at radius 1 is 1.26 bits per heavy atom. The Bertz CT molecular complexity index is 315. The molecule has 0 aromatic carbocycles. The number of amides is 1. The summed E-state index contributed by atoms with van der Waals surface area (Å²) in [6.45, 7) is 7.60. The van der Waals surface area contributed by atoms with Crippen LogP contribution in [0.4, 0.5) is 0 Å². The molecule has 4 heteroatoms. The molecule has 0 spiro atoms. The summed E-state index contributed by atoms with van der Waals surface area (Å²) in [6, 6.07) is -0.403. The van der Waals surface area contributed by atoms with E-state index in [0.717, 1.165) is 6.42 Å². The van der Waals surface area contributed by atoms with Gasteiger partial charge in [0.1, 0.15) is 6.61 Å². The monoisotopic (exact) mass is 269 g/mol. The number of ketones is 1. The van der Waals surface area contributed by atoms with E-state index in [1.807, 2.05) is 13.8 Å². The van der Waals surface area contributed by atoms with Crippen molar-refractivity contribution in [3.05, 3.63) is 0 Å². The summed E-state index contributed by atoms with van der Waals surface area (Å²) in [5.74, 6) is 0.436. The molecule has 1 rings (SSSR count). The Balaban J connectivity index is 2.36. The first-order valence-corrected chi connectivity index (χ1v) is 7.33. The second-order valence-corrected chi connectivity index (χ2v) is 6.01. The predicted molar refractivity (Wildman–Crippen MR) is 74.8 cm³/mol. The zero-order valence-electron chi connectivity index (χ0n) is 12.6. The quantitative estimate of drug-likeness (QED) is 0.805. The minimum Gasteiger partial charge on any atom is -0.368 e. The van der Waals surface area contributed by atoms with Crippen LogP contribution in [0.5, 0.6) is 0 Å². The van der Waals surface area contributed by atoms with E-state index in [1.165, 1.54) is 26.2 Å². The average molecular weight is 269 g/mol. The third kappa shape index (κ3) is 5.31. The van der Waals surface area contributed by atoms with Crippen molar-refractivity contribution in [2.75, 3.05) is 6.61 Å². The molecule has 0 saturated heterocycles. The Kier molecular flexibility index (Phi) is 6.49. The van der Waals surface area contributed by atoms with E-state index in [0.29, 0.717) is 5.92 Å². The van der Waals surface area contributed by atoms with Crippen LogP contribution in [-0.4, -0.2) is 30.4 Å². The minimum atomic E-state index is -0.403.